The molecule has 0 saturated heterocycles. The fraction of sp³-hybridized carbons (Fsp3) is 0.400. The molecule has 0 aliphatic rings. The van der Waals surface area contributed by atoms with Crippen LogP contribution in [0.15, 0.2) is 29.4 Å². The Morgan fingerprint density at radius 1 is 1.41 bits per heavy atom. The van der Waals surface area contributed by atoms with Crippen LogP contribution in [0.4, 0.5) is 0 Å². The van der Waals surface area contributed by atoms with E-state index in [0.717, 1.165) is 23.6 Å². The third-order valence-corrected chi connectivity index (χ3v) is 4.06. The number of aryl methyl sites for hydroxylation is 1. The molecule has 118 valence electrons. The highest BCUT2D eigenvalue weighted by Gasteiger charge is 2.16. The van der Waals surface area contributed by atoms with E-state index in [4.69, 9.17) is 4.74 Å². The van der Waals surface area contributed by atoms with E-state index in [-0.39, 0.29) is 11.2 Å². The molecule has 0 saturated carbocycles. The lowest BCUT2D eigenvalue weighted by Crippen LogP contribution is -2.32. The van der Waals surface area contributed by atoms with Crippen molar-refractivity contribution in [1.82, 2.24) is 20.5 Å². The Kier molecular flexibility index (Phi) is 5.83. The second-order valence-corrected chi connectivity index (χ2v) is 6.16. The number of nitrogens with one attached hydrogen (secondary N) is 2. The maximum Gasteiger partial charge on any atom is 0.233 e. The fourth-order valence-corrected chi connectivity index (χ4v) is 2.65. The minimum atomic E-state index is -0.230. The van der Waals surface area contributed by atoms with Crippen LogP contribution in [0.1, 0.15) is 18.3 Å². The van der Waals surface area contributed by atoms with Crippen LogP contribution in [-0.4, -0.2) is 40.0 Å². The number of methoxy groups -OCH3 is 1. The molecule has 1 aromatic heterocycles. The summed E-state index contributed by atoms with van der Waals surface area (Å²) in [5, 5.41) is 10.1. The number of H-pyrrole nitrogens is 1. The summed E-state index contributed by atoms with van der Waals surface area (Å²) in [7, 11) is 1.64. The van der Waals surface area contributed by atoms with Gasteiger partial charge < -0.3 is 10.1 Å². The number of amides is 1. The topological polar surface area (TPSA) is 79.9 Å². The van der Waals surface area contributed by atoms with Crippen molar-refractivity contribution in [2.45, 2.75) is 30.7 Å². The maximum atomic E-state index is 12.0. The smallest absolute Gasteiger partial charge is 0.233 e. The van der Waals surface area contributed by atoms with E-state index in [2.05, 4.69) is 20.5 Å². The van der Waals surface area contributed by atoms with Crippen molar-refractivity contribution < 1.29 is 9.53 Å². The molecule has 0 aliphatic heterocycles. The lowest BCUT2D eigenvalue weighted by Gasteiger charge is -2.10. The second-order valence-electron chi connectivity index (χ2n) is 4.85. The molecule has 1 atom stereocenters. The van der Waals surface area contributed by atoms with Gasteiger partial charge in [0.2, 0.25) is 11.1 Å². The molecule has 1 amide bonds. The van der Waals surface area contributed by atoms with Crippen molar-refractivity contribution >= 4 is 17.7 Å². The zero-order valence-corrected chi connectivity index (χ0v) is 13.7. The van der Waals surface area contributed by atoms with Gasteiger partial charge in [-0.05, 0) is 38.0 Å². The average Bonchev–Trinajstić information content (AvgIpc) is 2.93. The summed E-state index contributed by atoms with van der Waals surface area (Å²) in [6.45, 7) is 4.28. The number of ether oxygens (including phenoxy) is 1. The number of benzene rings is 1. The molecule has 1 heterocycles. The van der Waals surface area contributed by atoms with Crippen molar-refractivity contribution in [1.29, 1.82) is 0 Å². The van der Waals surface area contributed by atoms with Gasteiger partial charge in [-0.3, -0.25) is 9.89 Å². The number of thioether (sulfide) groups is 1. The van der Waals surface area contributed by atoms with Crippen LogP contribution in [0, 0.1) is 6.92 Å². The van der Waals surface area contributed by atoms with Gasteiger partial charge in [-0.25, -0.2) is 4.98 Å². The fourth-order valence-electron chi connectivity index (χ4n) is 1.85. The predicted molar refractivity (Wildman–Crippen MR) is 86.1 cm³/mol. The molecular formula is C15H20N4O2S. The van der Waals surface area contributed by atoms with Crippen LogP contribution >= 0.6 is 11.8 Å². The largest absolute Gasteiger partial charge is 0.497 e. The van der Waals surface area contributed by atoms with E-state index in [1.165, 1.54) is 11.8 Å². The van der Waals surface area contributed by atoms with Gasteiger partial charge in [-0.1, -0.05) is 23.9 Å². The zero-order chi connectivity index (χ0) is 15.9. The number of carbonyl (C=O) groups excluding carboxylic acids is 1. The Morgan fingerprint density at radius 3 is 2.73 bits per heavy atom. The van der Waals surface area contributed by atoms with E-state index in [1.807, 2.05) is 38.1 Å². The van der Waals surface area contributed by atoms with Gasteiger partial charge in [0.15, 0.2) is 0 Å². The number of hydrogen-bond acceptors (Lipinski definition) is 5. The number of aromatic nitrogens is 3. The zero-order valence-electron chi connectivity index (χ0n) is 12.9. The van der Waals surface area contributed by atoms with Gasteiger partial charge in [-0.15, -0.1) is 5.10 Å². The van der Waals surface area contributed by atoms with Crippen LogP contribution in [-0.2, 0) is 11.2 Å². The minimum absolute atomic E-state index is 0.0130. The molecule has 0 fully saturated rings. The average molecular weight is 320 g/mol. The Hall–Kier alpha value is -2.02. The summed E-state index contributed by atoms with van der Waals surface area (Å²) in [5.74, 6) is 1.56. The summed E-state index contributed by atoms with van der Waals surface area (Å²) in [6, 6.07) is 7.83. The molecule has 22 heavy (non-hydrogen) atoms. The summed E-state index contributed by atoms with van der Waals surface area (Å²) in [6.07, 6.45) is 0.785. The number of hydrogen-bond donors (Lipinski definition) is 2. The summed E-state index contributed by atoms with van der Waals surface area (Å²) >= 11 is 1.34. The Labute approximate surface area is 134 Å². The Morgan fingerprint density at radius 2 is 2.14 bits per heavy atom. The number of nitrogens with zero attached hydrogens (tertiary/aromatic N) is 2. The normalized spacial score (nSPS) is 12.0. The summed E-state index contributed by atoms with van der Waals surface area (Å²) < 4.78 is 5.11. The molecule has 0 aliphatic carbocycles. The second kappa shape index (κ2) is 7.84. The molecule has 0 bridgehead atoms. The third kappa shape index (κ3) is 4.77. The first-order valence-corrected chi connectivity index (χ1v) is 7.92. The first-order valence-electron chi connectivity index (χ1n) is 7.05. The van der Waals surface area contributed by atoms with Crippen molar-refractivity contribution in [3.63, 3.8) is 0 Å². The number of carbonyl (C=O) groups is 1. The molecule has 2 aromatic rings. The molecule has 6 nitrogen and oxygen atoms in total. The maximum absolute atomic E-state index is 12.0. The highest BCUT2D eigenvalue weighted by Crippen LogP contribution is 2.18. The Balaban J connectivity index is 1.74. The van der Waals surface area contributed by atoms with Gasteiger partial charge in [0.05, 0.1) is 12.4 Å². The van der Waals surface area contributed by atoms with Gasteiger partial charge in [0, 0.05) is 6.54 Å². The van der Waals surface area contributed by atoms with Crippen molar-refractivity contribution in [2.24, 2.45) is 0 Å². The molecular weight excluding hydrogens is 300 g/mol. The van der Waals surface area contributed by atoms with E-state index in [1.54, 1.807) is 7.11 Å². The van der Waals surface area contributed by atoms with Gasteiger partial charge >= 0.3 is 0 Å². The highest BCUT2D eigenvalue weighted by molar-refractivity contribution is 8.00. The first kappa shape index (κ1) is 16.4. The van der Waals surface area contributed by atoms with Crippen molar-refractivity contribution in [2.75, 3.05) is 13.7 Å². The quantitative estimate of drug-likeness (QED) is 0.762. The van der Waals surface area contributed by atoms with Crippen LogP contribution < -0.4 is 10.1 Å². The first-order chi connectivity index (χ1) is 10.6. The number of aromatic amines is 1. The molecule has 2 rings (SSSR count). The van der Waals surface area contributed by atoms with Crippen molar-refractivity contribution in [3.8, 4) is 5.75 Å². The van der Waals surface area contributed by atoms with E-state index in [9.17, 15) is 4.79 Å². The highest BCUT2D eigenvalue weighted by atomic mass is 32.2. The predicted octanol–water partition coefficient (Wildman–Crippen LogP) is 1.96. The van der Waals surface area contributed by atoms with Gasteiger partial charge in [0.25, 0.3) is 0 Å². The van der Waals surface area contributed by atoms with E-state index < -0.39 is 0 Å². The van der Waals surface area contributed by atoms with Crippen LogP contribution in [0.2, 0.25) is 0 Å². The summed E-state index contributed by atoms with van der Waals surface area (Å²) in [5.41, 5.74) is 1.16. The van der Waals surface area contributed by atoms with Crippen LogP contribution in [0.3, 0.4) is 0 Å². The monoisotopic (exact) mass is 320 g/mol. The van der Waals surface area contributed by atoms with Crippen LogP contribution in [0.25, 0.3) is 0 Å². The molecule has 7 heteroatoms. The van der Waals surface area contributed by atoms with Crippen molar-refractivity contribution in [3.05, 3.63) is 35.7 Å². The molecule has 1 aromatic carbocycles. The Bertz CT molecular complexity index is 612. The molecule has 2 N–H and O–H groups in total. The third-order valence-electron chi connectivity index (χ3n) is 3.10. The van der Waals surface area contributed by atoms with E-state index in [0.29, 0.717) is 11.7 Å². The SMILES string of the molecule is COc1ccc(CCNC(=O)C(C)Sc2n[nH]c(C)n2)cc1. The molecule has 1 unspecified atom stereocenters. The van der Waals surface area contributed by atoms with Gasteiger partial charge in [0.1, 0.15) is 11.6 Å². The van der Waals surface area contributed by atoms with E-state index >= 15 is 0 Å². The standard InChI is InChI=1S/C15H20N4O2S/c1-10(22-15-17-11(2)18-19-15)14(20)16-9-8-12-4-6-13(21-3)7-5-12/h4-7,10H,8-9H2,1-3H3,(H,16,20)(H,17,18,19). The van der Waals surface area contributed by atoms with Gasteiger partial charge in [-0.2, -0.15) is 0 Å². The lowest BCUT2D eigenvalue weighted by atomic mass is 10.1. The minimum Gasteiger partial charge on any atom is -0.497 e. The van der Waals surface area contributed by atoms with Crippen LogP contribution in [0.5, 0.6) is 5.75 Å². The molecule has 0 spiro atoms. The lowest BCUT2D eigenvalue weighted by molar-refractivity contribution is -0.120. The summed E-state index contributed by atoms with van der Waals surface area (Å²) in [4.78, 5) is 16.2. The number of rotatable bonds is 7. The molecule has 0 radical (unpaired) electrons.